The molecular weight excluding hydrogens is 346 g/mol. The molecule has 1 aromatic rings. The van der Waals surface area contributed by atoms with E-state index in [4.69, 9.17) is 4.74 Å². The molecule has 0 unspecified atom stereocenters. The van der Waals surface area contributed by atoms with E-state index in [2.05, 4.69) is 10.2 Å². The maximum Gasteiger partial charge on any atom is 0.248 e. The van der Waals surface area contributed by atoms with Gasteiger partial charge in [-0.3, -0.25) is 14.5 Å². The summed E-state index contributed by atoms with van der Waals surface area (Å²) in [4.78, 5) is 28.2. The average Bonchev–Trinajstić information content (AvgIpc) is 2.67. The van der Waals surface area contributed by atoms with Crippen molar-refractivity contribution in [2.24, 2.45) is 5.92 Å². The number of piperidine rings is 2. The molecule has 2 amide bonds. The zero-order valence-electron chi connectivity index (χ0n) is 15.9. The Morgan fingerprint density at radius 3 is 2.70 bits per heavy atom. The summed E-state index contributed by atoms with van der Waals surface area (Å²) in [6, 6.07) is 9.81. The van der Waals surface area contributed by atoms with E-state index in [0.717, 1.165) is 5.56 Å². The highest BCUT2D eigenvalue weighted by atomic mass is 16.5. The number of carbonyl (C=O) groups is 2. The lowest BCUT2D eigenvalue weighted by molar-refractivity contribution is -0.151. The van der Waals surface area contributed by atoms with Crippen LogP contribution in [0.1, 0.15) is 18.4 Å². The normalized spacial score (nSPS) is 25.7. The summed E-state index contributed by atoms with van der Waals surface area (Å²) in [6.45, 7) is 3.28. The van der Waals surface area contributed by atoms with E-state index >= 15 is 0 Å². The van der Waals surface area contributed by atoms with Crippen LogP contribution in [-0.4, -0.2) is 78.8 Å². The summed E-state index contributed by atoms with van der Waals surface area (Å²) in [5, 5.41) is 13.9. The molecule has 2 atom stereocenters. The maximum absolute atomic E-state index is 12.3. The molecule has 0 saturated carbocycles. The van der Waals surface area contributed by atoms with Crippen LogP contribution in [0.4, 0.5) is 0 Å². The average molecular weight is 375 g/mol. The molecule has 0 bridgehead atoms. The molecular formula is C20H29N3O4. The van der Waals surface area contributed by atoms with Crippen LogP contribution >= 0.6 is 0 Å². The number of nitrogens with one attached hydrogen (secondary N) is 1. The van der Waals surface area contributed by atoms with Gasteiger partial charge in [-0.05, 0) is 18.4 Å². The topological polar surface area (TPSA) is 82.1 Å². The Morgan fingerprint density at radius 1 is 1.22 bits per heavy atom. The first kappa shape index (κ1) is 19.8. The molecule has 7 nitrogen and oxygen atoms in total. The second-order valence-corrected chi connectivity index (χ2v) is 7.57. The third kappa shape index (κ3) is 5.06. The van der Waals surface area contributed by atoms with Crippen molar-refractivity contribution in [3.8, 4) is 0 Å². The molecule has 0 aliphatic carbocycles. The molecule has 0 aromatic heterocycles. The third-order valence-electron chi connectivity index (χ3n) is 5.68. The number of hydrogen-bond acceptors (Lipinski definition) is 5. The predicted molar refractivity (Wildman–Crippen MR) is 101 cm³/mol. The largest absolute Gasteiger partial charge is 0.389 e. The molecule has 1 aromatic carbocycles. The first-order valence-electron chi connectivity index (χ1n) is 9.52. The Balaban J connectivity index is 1.50. The van der Waals surface area contributed by atoms with Crippen LogP contribution in [0.15, 0.2) is 30.3 Å². The van der Waals surface area contributed by atoms with Gasteiger partial charge >= 0.3 is 0 Å². The monoisotopic (exact) mass is 375 g/mol. The number of benzene rings is 1. The van der Waals surface area contributed by atoms with Crippen LogP contribution in [0, 0.1) is 5.92 Å². The van der Waals surface area contributed by atoms with Gasteiger partial charge in [-0.15, -0.1) is 0 Å². The molecule has 2 fully saturated rings. The minimum atomic E-state index is -0.735. The van der Waals surface area contributed by atoms with Crippen molar-refractivity contribution < 1.29 is 19.4 Å². The maximum atomic E-state index is 12.3. The highest BCUT2D eigenvalue weighted by Crippen LogP contribution is 2.35. The van der Waals surface area contributed by atoms with Gasteiger partial charge in [0, 0.05) is 45.8 Å². The summed E-state index contributed by atoms with van der Waals surface area (Å²) in [5.41, 5.74) is 0.333. The Bertz CT molecular complexity index is 654. The van der Waals surface area contributed by atoms with E-state index in [1.165, 1.54) is 7.11 Å². The van der Waals surface area contributed by atoms with Gasteiger partial charge in [0.2, 0.25) is 11.8 Å². The number of likely N-dealkylation sites (tertiary alicyclic amines) is 2. The fourth-order valence-electron chi connectivity index (χ4n) is 4.01. The third-order valence-corrected chi connectivity index (χ3v) is 5.68. The van der Waals surface area contributed by atoms with Gasteiger partial charge < -0.3 is 20.1 Å². The molecule has 27 heavy (non-hydrogen) atoms. The summed E-state index contributed by atoms with van der Waals surface area (Å²) in [7, 11) is 1.51. The van der Waals surface area contributed by atoms with E-state index < -0.39 is 5.60 Å². The van der Waals surface area contributed by atoms with Gasteiger partial charge in [0.15, 0.2) is 0 Å². The smallest absolute Gasteiger partial charge is 0.248 e. The molecule has 2 aliphatic heterocycles. The Labute approximate surface area is 160 Å². The molecule has 2 aliphatic rings. The number of fused-ring (bicyclic) bond motifs is 1. The number of hydrogen-bond donors (Lipinski definition) is 2. The second-order valence-electron chi connectivity index (χ2n) is 7.57. The summed E-state index contributed by atoms with van der Waals surface area (Å²) in [5.74, 6) is -0.104. The van der Waals surface area contributed by atoms with Crippen LogP contribution in [0.5, 0.6) is 0 Å². The van der Waals surface area contributed by atoms with Crippen molar-refractivity contribution in [1.82, 2.24) is 15.1 Å². The first-order chi connectivity index (χ1) is 13.0. The van der Waals surface area contributed by atoms with Crippen molar-refractivity contribution in [3.05, 3.63) is 35.9 Å². The van der Waals surface area contributed by atoms with Gasteiger partial charge in [0.25, 0.3) is 0 Å². The fourth-order valence-corrected chi connectivity index (χ4v) is 4.01. The summed E-state index contributed by atoms with van der Waals surface area (Å²) in [6.07, 6.45) is 1.22. The predicted octanol–water partition coefficient (Wildman–Crippen LogP) is 0.235. The van der Waals surface area contributed by atoms with E-state index in [1.807, 2.05) is 30.3 Å². The van der Waals surface area contributed by atoms with Crippen molar-refractivity contribution in [1.29, 1.82) is 0 Å². The molecule has 2 N–H and O–H groups in total. The van der Waals surface area contributed by atoms with Crippen LogP contribution in [0.25, 0.3) is 0 Å². The van der Waals surface area contributed by atoms with Gasteiger partial charge in [0.1, 0.15) is 6.61 Å². The second kappa shape index (κ2) is 8.82. The molecule has 2 heterocycles. The number of ether oxygens (including phenoxy) is 1. The van der Waals surface area contributed by atoms with Gasteiger partial charge in [0.05, 0.1) is 12.1 Å². The van der Waals surface area contributed by atoms with Crippen molar-refractivity contribution in [2.75, 3.05) is 46.4 Å². The number of rotatable bonds is 6. The summed E-state index contributed by atoms with van der Waals surface area (Å²) < 4.78 is 4.94. The Kier molecular flexibility index (Phi) is 6.46. The molecule has 0 radical (unpaired) electrons. The number of nitrogens with zero attached hydrogens (tertiary/aromatic N) is 2. The summed E-state index contributed by atoms with van der Waals surface area (Å²) >= 11 is 0. The minimum absolute atomic E-state index is 0.0209. The van der Waals surface area contributed by atoms with Crippen molar-refractivity contribution >= 4 is 11.8 Å². The Hall–Kier alpha value is -1.96. The lowest BCUT2D eigenvalue weighted by atomic mass is 9.75. The van der Waals surface area contributed by atoms with E-state index in [0.29, 0.717) is 52.1 Å². The van der Waals surface area contributed by atoms with Gasteiger partial charge in [-0.2, -0.15) is 0 Å². The standard InChI is InChI=1S/C20H29N3O4/c1-27-15-19(25)23-10-8-20(26)7-9-22(12-17(20)13-23)14-18(24)21-11-16-5-3-2-4-6-16/h2-6,17,26H,7-15H2,1H3,(H,21,24)/t17-,20-/m0/s1. The highest BCUT2D eigenvalue weighted by molar-refractivity contribution is 5.78. The van der Waals surface area contributed by atoms with Crippen molar-refractivity contribution in [2.45, 2.75) is 25.0 Å². The highest BCUT2D eigenvalue weighted by Gasteiger charge is 2.45. The molecule has 0 spiro atoms. The number of aliphatic hydroxyl groups is 1. The van der Waals surface area contributed by atoms with Gasteiger partial charge in [-0.25, -0.2) is 0 Å². The van der Waals surface area contributed by atoms with Crippen molar-refractivity contribution in [3.63, 3.8) is 0 Å². The van der Waals surface area contributed by atoms with E-state index in [-0.39, 0.29) is 24.3 Å². The molecule has 148 valence electrons. The number of carbonyl (C=O) groups excluding carboxylic acids is 2. The molecule has 7 heteroatoms. The lowest BCUT2D eigenvalue weighted by Gasteiger charge is -2.50. The van der Waals surface area contributed by atoms with Crippen LogP contribution in [0.2, 0.25) is 0 Å². The van der Waals surface area contributed by atoms with Crippen LogP contribution in [0.3, 0.4) is 0 Å². The zero-order chi connectivity index (χ0) is 19.3. The Morgan fingerprint density at radius 2 is 1.96 bits per heavy atom. The SMILES string of the molecule is COCC(=O)N1CC[C@@]2(O)CCN(CC(=O)NCc3ccccc3)C[C@H]2C1. The first-order valence-corrected chi connectivity index (χ1v) is 9.52. The van der Waals surface area contributed by atoms with E-state index in [1.54, 1.807) is 4.90 Å². The molecule has 3 rings (SSSR count). The van der Waals surface area contributed by atoms with E-state index in [9.17, 15) is 14.7 Å². The molecule has 2 saturated heterocycles. The number of amides is 2. The fraction of sp³-hybridized carbons (Fsp3) is 0.600. The van der Waals surface area contributed by atoms with Gasteiger partial charge in [-0.1, -0.05) is 30.3 Å². The number of methoxy groups -OCH3 is 1. The zero-order valence-corrected chi connectivity index (χ0v) is 15.9. The minimum Gasteiger partial charge on any atom is -0.389 e. The van der Waals surface area contributed by atoms with Crippen LogP contribution in [-0.2, 0) is 20.9 Å². The quantitative estimate of drug-likeness (QED) is 0.744. The van der Waals surface area contributed by atoms with Crippen LogP contribution < -0.4 is 5.32 Å². The lowest BCUT2D eigenvalue weighted by Crippen LogP contribution is -2.61.